The first kappa shape index (κ1) is 18.0. The van der Waals surface area contributed by atoms with Gasteiger partial charge in [-0.25, -0.2) is 0 Å². The maximum atomic E-state index is 12.7. The quantitative estimate of drug-likeness (QED) is 0.759. The van der Waals surface area contributed by atoms with Gasteiger partial charge in [-0.3, -0.25) is 9.59 Å². The summed E-state index contributed by atoms with van der Waals surface area (Å²) in [7, 11) is 1.68. The van der Waals surface area contributed by atoms with Gasteiger partial charge in [0.05, 0.1) is 22.6 Å². The smallest absolute Gasteiger partial charge is 0.264 e. The molecule has 1 unspecified atom stereocenters. The lowest BCUT2D eigenvalue weighted by Gasteiger charge is -2.26. The van der Waals surface area contributed by atoms with Crippen LogP contribution in [0.5, 0.6) is 5.75 Å². The van der Waals surface area contributed by atoms with Crippen LogP contribution < -0.4 is 9.64 Å². The van der Waals surface area contributed by atoms with Crippen molar-refractivity contribution in [3.63, 3.8) is 0 Å². The highest BCUT2D eigenvalue weighted by Crippen LogP contribution is 2.33. The Hall–Kier alpha value is -2.78. The van der Waals surface area contributed by atoms with Crippen LogP contribution in [0, 0.1) is 11.3 Å². The Bertz CT molecular complexity index is 887. The number of hydrogen-bond acceptors (Lipinski definition) is 5. The Morgan fingerprint density at radius 2 is 2.04 bits per heavy atom. The van der Waals surface area contributed by atoms with Gasteiger partial charge >= 0.3 is 0 Å². The summed E-state index contributed by atoms with van der Waals surface area (Å²) >= 11 is 1.54. The van der Waals surface area contributed by atoms with E-state index in [1.165, 1.54) is 4.90 Å². The summed E-state index contributed by atoms with van der Waals surface area (Å²) in [5, 5.41) is 8.60. The molecule has 6 heteroatoms. The first-order chi connectivity index (χ1) is 12.5. The maximum Gasteiger partial charge on any atom is 0.264 e. The largest absolute Gasteiger partial charge is 0.482 e. The molecule has 1 heterocycles. The minimum atomic E-state index is -0.228. The number of ketones is 1. The highest BCUT2D eigenvalue weighted by molar-refractivity contribution is 7.99. The predicted octanol–water partition coefficient (Wildman–Crippen LogP) is 3.42. The molecule has 0 saturated heterocycles. The summed E-state index contributed by atoms with van der Waals surface area (Å²) in [5.41, 5.74) is 2.88. The lowest BCUT2D eigenvalue weighted by Crippen LogP contribution is -2.35. The van der Waals surface area contributed by atoms with Crippen molar-refractivity contribution in [2.75, 3.05) is 18.6 Å². The molecule has 0 saturated carbocycles. The molecule has 0 fully saturated rings. The normalized spacial score (nSPS) is 14.2. The number of hydrogen-bond donors (Lipinski definition) is 0. The van der Waals surface area contributed by atoms with Crippen molar-refractivity contribution in [1.29, 1.82) is 5.26 Å². The van der Waals surface area contributed by atoms with E-state index in [0.29, 0.717) is 28.3 Å². The summed E-state index contributed by atoms with van der Waals surface area (Å²) in [4.78, 5) is 26.0. The maximum absolute atomic E-state index is 12.7. The van der Waals surface area contributed by atoms with Crippen LogP contribution in [0.1, 0.15) is 28.4 Å². The number of likely N-dealkylation sites (N-methyl/N-ethyl adjacent to an activating group) is 1. The molecule has 26 heavy (non-hydrogen) atoms. The van der Waals surface area contributed by atoms with Crippen molar-refractivity contribution < 1.29 is 14.3 Å². The number of rotatable bonds is 5. The molecule has 0 bridgehead atoms. The number of thioether (sulfide) groups is 1. The van der Waals surface area contributed by atoms with Crippen LogP contribution in [-0.2, 0) is 10.5 Å². The number of Topliss-reactive ketones (excluding diaryl/α,β-unsaturated/α-hetero) is 1. The molecule has 5 nitrogen and oxygen atoms in total. The third-order valence-electron chi connectivity index (χ3n) is 4.28. The number of fused-ring (bicyclic) bond motifs is 1. The van der Waals surface area contributed by atoms with Crippen LogP contribution in [0.4, 0.5) is 5.69 Å². The van der Waals surface area contributed by atoms with E-state index in [1.54, 1.807) is 49.1 Å². The fraction of sp³-hybridized carbons (Fsp3) is 0.250. The zero-order valence-corrected chi connectivity index (χ0v) is 15.4. The van der Waals surface area contributed by atoms with Crippen molar-refractivity contribution in [1.82, 2.24) is 0 Å². The molecule has 2 aromatic carbocycles. The third kappa shape index (κ3) is 3.73. The highest BCUT2D eigenvalue weighted by atomic mass is 32.2. The molecular weight excluding hydrogens is 348 g/mol. The van der Waals surface area contributed by atoms with Gasteiger partial charge in [0, 0.05) is 18.4 Å². The molecule has 1 atom stereocenters. The van der Waals surface area contributed by atoms with E-state index in [9.17, 15) is 9.59 Å². The monoisotopic (exact) mass is 366 g/mol. The highest BCUT2D eigenvalue weighted by Gasteiger charge is 2.24. The number of carbonyl (C=O) groups is 2. The minimum absolute atomic E-state index is 0.0119. The third-order valence-corrected chi connectivity index (χ3v) is 5.50. The van der Waals surface area contributed by atoms with Crippen LogP contribution >= 0.6 is 11.8 Å². The first-order valence-electron chi connectivity index (χ1n) is 8.18. The SMILES string of the molecule is CC(SCc1ccc(C#N)cc1)C(=O)c1ccc2c(c1)N(C)C(=O)CO2. The second-order valence-corrected chi connectivity index (χ2v) is 7.38. The Labute approximate surface area is 156 Å². The lowest BCUT2D eigenvalue weighted by atomic mass is 10.1. The number of ether oxygens (including phenoxy) is 1. The van der Waals surface area contributed by atoms with E-state index in [-0.39, 0.29) is 23.5 Å². The van der Waals surface area contributed by atoms with E-state index in [2.05, 4.69) is 6.07 Å². The predicted molar refractivity (Wildman–Crippen MR) is 102 cm³/mol. The number of amides is 1. The topological polar surface area (TPSA) is 70.4 Å². The van der Waals surface area contributed by atoms with E-state index in [1.807, 2.05) is 19.1 Å². The average Bonchev–Trinajstić information content (AvgIpc) is 2.68. The zero-order chi connectivity index (χ0) is 18.7. The van der Waals surface area contributed by atoms with E-state index < -0.39 is 0 Å². The fourth-order valence-electron chi connectivity index (χ4n) is 2.63. The molecule has 0 radical (unpaired) electrons. The fourth-order valence-corrected chi connectivity index (χ4v) is 3.55. The Morgan fingerprint density at radius 3 is 2.73 bits per heavy atom. The second-order valence-electron chi connectivity index (χ2n) is 6.05. The summed E-state index contributed by atoms with van der Waals surface area (Å²) in [6.45, 7) is 1.90. The molecule has 0 aliphatic carbocycles. The Kier molecular flexibility index (Phi) is 5.29. The first-order valence-corrected chi connectivity index (χ1v) is 9.22. The molecule has 1 aliphatic rings. The zero-order valence-electron chi connectivity index (χ0n) is 14.6. The minimum Gasteiger partial charge on any atom is -0.482 e. The van der Waals surface area contributed by atoms with Gasteiger partial charge in [0.2, 0.25) is 0 Å². The number of carbonyl (C=O) groups excluding carboxylic acids is 2. The summed E-state index contributed by atoms with van der Waals surface area (Å²) in [6, 6.07) is 14.6. The number of nitrogens with zero attached hydrogens (tertiary/aromatic N) is 2. The summed E-state index contributed by atoms with van der Waals surface area (Å²) < 4.78 is 5.39. The molecule has 0 aromatic heterocycles. The summed E-state index contributed by atoms with van der Waals surface area (Å²) in [6.07, 6.45) is 0. The standard InChI is InChI=1S/C20H18N2O3S/c1-13(26-12-15-5-3-14(10-21)4-6-15)20(24)16-7-8-18-17(9-16)22(2)19(23)11-25-18/h3-9,13H,11-12H2,1-2H3. The molecule has 1 amide bonds. The van der Waals surface area contributed by atoms with Gasteiger partial charge in [0.1, 0.15) is 5.75 Å². The van der Waals surface area contributed by atoms with Gasteiger partial charge in [-0.2, -0.15) is 5.26 Å². The van der Waals surface area contributed by atoms with Gasteiger partial charge in [-0.1, -0.05) is 12.1 Å². The van der Waals surface area contributed by atoms with E-state index >= 15 is 0 Å². The van der Waals surface area contributed by atoms with Crippen LogP contribution in [0.2, 0.25) is 0 Å². The molecule has 1 aliphatic heterocycles. The van der Waals surface area contributed by atoms with Crippen molar-refractivity contribution in [2.45, 2.75) is 17.9 Å². The van der Waals surface area contributed by atoms with Gasteiger partial charge in [0.25, 0.3) is 5.91 Å². The van der Waals surface area contributed by atoms with Crippen molar-refractivity contribution in [3.05, 3.63) is 59.2 Å². The number of nitriles is 1. The molecule has 2 aromatic rings. The van der Waals surface area contributed by atoms with Gasteiger partial charge in [-0.05, 0) is 42.8 Å². The Balaban J connectivity index is 1.68. The molecule has 0 N–H and O–H groups in total. The van der Waals surface area contributed by atoms with Gasteiger partial charge in [-0.15, -0.1) is 11.8 Å². The summed E-state index contributed by atoms with van der Waals surface area (Å²) in [5.74, 6) is 1.18. The lowest BCUT2D eigenvalue weighted by molar-refractivity contribution is -0.120. The van der Waals surface area contributed by atoms with E-state index in [4.69, 9.17) is 10.00 Å². The van der Waals surface area contributed by atoms with Gasteiger partial charge in [0.15, 0.2) is 12.4 Å². The molecule has 0 spiro atoms. The van der Waals surface area contributed by atoms with E-state index in [0.717, 1.165) is 5.56 Å². The Morgan fingerprint density at radius 1 is 1.31 bits per heavy atom. The average molecular weight is 366 g/mol. The van der Waals surface area contributed by atoms with Crippen LogP contribution in [0.25, 0.3) is 0 Å². The van der Waals surface area contributed by atoms with Crippen molar-refractivity contribution in [3.8, 4) is 11.8 Å². The van der Waals surface area contributed by atoms with Crippen molar-refractivity contribution in [2.24, 2.45) is 0 Å². The molecule has 3 rings (SSSR count). The second kappa shape index (κ2) is 7.63. The number of anilines is 1. The van der Waals surface area contributed by atoms with Crippen molar-refractivity contribution >= 4 is 29.1 Å². The van der Waals surface area contributed by atoms with Crippen LogP contribution in [0.15, 0.2) is 42.5 Å². The van der Waals surface area contributed by atoms with Crippen LogP contribution in [-0.4, -0.2) is 30.6 Å². The molecule has 132 valence electrons. The van der Waals surface area contributed by atoms with Gasteiger partial charge < -0.3 is 9.64 Å². The number of benzene rings is 2. The van der Waals surface area contributed by atoms with Crippen LogP contribution in [0.3, 0.4) is 0 Å². The molecular formula is C20H18N2O3S.